The van der Waals surface area contributed by atoms with Crippen LogP contribution >= 0.6 is 0 Å². The van der Waals surface area contributed by atoms with Crippen LogP contribution in [0.5, 0.6) is 0 Å². The average Bonchev–Trinajstić information content (AvgIpc) is 2.39. The van der Waals surface area contributed by atoms with Gasteiger partial charge >= 0.3 is 0 Å². The highest BCUT2D eigenvalue weighted by atomic mass is 16.4. The van der Waals surface area contributed by atoms with Crippen molar-refractivity contribution < 1.29 is 5.21 Å². The lowest BCUT2D eigenvalue weighted by Crippen LogP contribution is -2.35. The Morgan fingerprint density at radius 3 is 2.42 bits per heavy atom. The molecule has 2 rings (SSSR count). The minimum absolute atomic E-state index is 0.0781. The molecule has 2 saturated carbocycles. The Hall–Kier alpha value is -0.530. The summed E-state index contributed by atoms with van der Waals surface area (Å²) in [5.74, 6) is 0.704. The number of rotatable bonds is 0. The fourth-order valence-corrected chi connectivity index (χ4v) is 3.27. The first kappa shape index (κ1) is 8.09. The third-order valence-corrected chi connectivity index (χ3v) is 4.04. The van der Waals surface area contributed by atoms with Crippen LogP contribution in [0.2, 0.25) is 0 Å². The van der Waals surface area contributed by atoms with E-state index in [1.54, 1.807) is 0 Å². The van der Waals surface area contributed by atoms with Gasteiger partial charge in [-0.15, -0.1) is 5.21 Å². The summed E-state index contributed by atoms with van der Waals surface area (Å²) in [6, 6.07) is 0. The third-order valence-electron chi connectivity index (χ3n) is 4.04. The standard InChI is InChI=1S/C10H16NO/c1-9(2)7-4-5-10(3,6-7)8(9)11-12/h7H,4-6H2,1-3H3/b11-8-/t7-,10+/m0/s1. The first-order chi connectivity index (χ1) is 5.50. The molecule has 1 radical (unpaired) electrons. The monoisotopic (exact) mass is 166 g/mol. The van der Waals surface area contributed by atoms with Crippen LogP contribution in [0.1, 0.15) is 40.0 Å². The molecule has 12 heavy (non-hydrogen) atoms. The Kier molecular flexibility index (Phi) is 1.37. The van der Waals surface area contributed by atoms with Crippen LogP contribution in [0.4, 0.5) is 0 Å². The SMILES string of the molecule is CC1(C)/C(=N/[O])[C@]2(C)CC[C@H]1C2. The van der Waals surface area contributed by atoms with Crippen molar-refractivity contribution in [2.45, 2.75) is 40.0 Å². The molecule has 0 N–H and O–H groups in total. The average molecular weight is 166 g/mol. The quantitative estimate of drug-likeness (QED) is 0.495. The van der Waals surface area contributed by atoms with E-state index in [0.29, 0.717) is 5.92 Å². The van der Waals surface area contributed by atoms with Gasteiger partial charge in [0.25, 0.3) is 0 Å². The predicted octanol–water partition coefficient (Wildman–Crippen LogP) is 2.62. The van der Waals surface area contributed by atoms with E-state index in [0.717, 1.165) is 5.71 Å². The second kappa shape index (κ2) is 2.04. The van der Waals surface area contributed by atoms with E-state index < -0.39 is 0 Å². The minimum atomic E-state index is 0.0781. The number of fused-ring (bicyclic) bond motifs is 2. The van der Waals surface area contributed by atoms with Crippen molar-refractivity contribution in [3.63, 3.8) is 0 Å². The van der Waals surface area contributed by atoms with E-state index in [1.807, 2.05) is 0 Å². The summed E-state index contributed by atoms with van der Waals surface area (Å²) in [5.41, 5.74) is 1.15. The molecular formula is C10H16NO. The van der Waals surface area contributed by atoms with Gasteiger partial charge in [0.1, 0.15) is 0 Å². The zero-order valence-corrected chi connectivity index (χ0v) is 8.05. The van der Waals surface area contributed by atoms with Crippen LogP contribution in [0, 0.1) is 16.7 Å². The third kappa shape index (κ3) is 0.732. The second-order valence-electron chi connectivity index (χ2n) is 5.16. The first-order valence-electron chi connectivity index (χ1n) is 4.72. The Bertz CT molecular complexity index is 237. The van der Waals surface area contributed by atoms with Crippen LogP contribution < -0.4 is 0 Å². The van der Waals surface area contributed by atoms with E-state index in [4.69, 9.17) is 0 Å². The highest BCUT2D eigenvalue weighted by Crippen LogP contribution is 2.60. The van der Waals surface area contributed by atoms with Crippen molar-refractivity contribution >= 4 is 5.71 Å². The van der Waals surface area contributed by atoms with Crippen molar-refractivity contribution in [3.8, 4) is 0 Å². The zero-order chi connectivity index (χ0) is 8.98. The van der Waals surface area contributed by atoms with E-state index >= 15 is 0 Å². The fourth-order valence-electron chi connectivity index (χ4n) is 3.27. The topological polar surface area (TPSA) is 32.3 Å². The Morgan fingerprint density at radius 1 is 1.42 bits per heavy atom. The van der Waals surface area contributed by atoms with Crippen molar-refractivity contribution in [3.05, 3.63) is 0 Å². The Labute approximate surface area is 73.7 Å². The smallest absolute Gasteiger partial charge is 0.0741 e. The lowest BCUT2D eigenvalue weighted by Gasteiger charge is -2.33. The van der Waals surface area contributed by atoms with Gasteiger partial charge in [0.2, 0.25) is 0 Å². The van der Waals surface area contributed by atoms with Gasteiger partial charge in [0, 0.05) is 10.8 Å². The summed E-state index contributed by atoms with van der Waals surface area (Å²) in [6.45, 7) is 6.52. The second-order valence-corrected chi connectivity index (χ2v) is 5.16. The molecule has 2 nitrogen and oxygen atoms in total. The molecule has 2 heteroatoms. The van der Waals surface area contributed by atoms with E-state index in [2.05, 4.69) is 25.9 Å². The van der Waals surface area contributed by atoms with Crippen molar-refractivity contribution in [1.29, 1.82) is 0 Å². The molecule has 2 aliphatic rings. The molecule has 0 aromatic rings. The molecule has 67 valence electrons. The van der Waals surface area contributed by atoms with Gasteiger partial charge in [-0.05, 0) is 30.3 Å². The van der Waals surface area contributed by atoms with Crippen LogP contribution in [0.3, 0.4) is 0 Å². The van der Waals surface area contributed by atoms with Gasteiger partial charge in [-0.1, -0.05) is 20.8 Å². The van der Waals surface area contributed by atoms with Crippen molar-refractivity contribution in [2.24, 2.45) is 21.9 Å². The minimum Gasteiger partial charge on any atom is -0.145 e. The van der Waals surface area contributed by atoms with E-state index in [-0.39, 0.29) is 10.8 Å². The van der Waals surface area contributed by atoms with Crippen LogP contribution in [-0.4, -0.2) is 5.71 Å². The Balaban J connectivity index is 2.45. The molecule has 2 atom stereocenters. The summed E-state index contributed by atoms with van der Waals surface area (Å²) in [7, 11) is 0. The summed E-state index contributed by atoms with van der Waals surface area (Å²) in [6.07, 6.45) is 3.63. The molecule has 2 bridgehead atoms. The molecule has 0 spiro atoms. The van der Waals surface area contributed by atoms with E-state index in [1.165, 1.54) is 19.3 Å². The van der Waals surface area contributed by atoms with Crippen LogP contribution in [0.15, 0.2) is 5.16 Å². The maximum Gasteiger partial charge on any atom is 0.0741 e. The molecule has 0 saturated heterocycles. The first-order valence-corrected chi connectivity index (χ1v) is 4.72. The molecule has 0 aliphatic heterocycles. The highest BCUT2D eigenvalue weighted by Gasteiger charge is 2.57. The van der Waals surface area contributed by atoms with Crippen molar-refractivity contribution in [2.75, 3.05) is 0 Å². The van der Waals surface area contributed by atoms with Gasteiger partial charge in [-0.3, -0.25) is 0 Å². The maximum absolute atomic E-state index is 10.7. The van der Waals surface area contributed by atoms with Gasteiger partial charge in [0.05, 0.1) is 5.71 Å². The van der Waals surface area contributed by atoms with Crippen molar-refractivity contribution in [1.82, 2.24) is 0 Å². The van der Waals surface area contributed by atoms with Gasteiger partial charge in [-0.25, -0.2) is 0 Å². The highest BCUT2D eigenvalue weighted by molar-refractivity contribution is 5.97. The molecule has 0 aromatic carbocycles. The lowest BCUT2D eigenvalue weighted by atomic mass is 9.71. The van der Waals surface area contributed by atoms with Gasteiger partial charge < -0.3 is 0 Å². The molecule has 0 aromatic heterocycles. The molecule has 0 unspecified atom stereocenters. The molecular weight excluding hydrogens is 150 g/mol. The van der Waals surface area contributed by atoms with Crippen LogP contribution in [-0.2, 0) is 5.21 Å². The maximum atomic E-state index is 10.7. The molecule has 2 aliphatic carbocycles. The van der Waals surface area contributed by atoms with E-state index in [9.17, 15) is 5.21 Å². The normalized spacial score (nSPS) is 47.2. The fraction of sp³-hybridized carbons (Fsp3) is 0.900. The summed E-state index contributed by atoms with van der Waals surface area (Å²) >= 11 is 0. The predicted molar refractivity (Wildman–Crippen MR) is 47.4 cm³/mol. The van der Waals surface area contributed by atoms with Gasteiger partial charge in [-0.2, -0.15) is 0 Å². The number of hydrogen-bond acceptors (Lipinski definition) is 1. The van der Waals surface area contributed by atoms with Crippen LogP contribution in [0.25, 0.3) is 0 Å². The zero-order valence-electron chi connectivity index (χ0n) is 8.05. The summed E-state index contributed by atoms with van der Waals surface area (Å²) in [4.78, 5) is 0. The summed E-state index contributed by atoms with van der Waals surface area (Å²) in [5, 5.41) is 14.0. The molecule has 0 amide bonds. The number of hydrogen-bond donors (Lipinski definition) is 0. The molecule has 2 fully saturated rings. The number of nitrogens with zero attached hydrogens (tertiary/aromatic N) is 1. The largest absolute Gasteiger partial charge is 0.145 e. The van der Waals surface area contributed by atoms with Gasteiger partial charge in [0.15, 0.2) is 0 Å². The lowest BCUT2D eigenvalue weighted by molar-refractivity contribution is 0.194. The molecule has 0 heterocycles. The Morgan fingerprint density at radius 2 is 2.08 bits per heavy atom. The summed E-state index contributed by atoms with van der Waals surface area (Å²) < 4.78 is 0.